The van der Waals surface area contributed by atoms with Crippen LogP contribution >= 0.6 is 0 Å². The van der Waals surface area contributed by atoms with Crippen LogP contribution in [0.2, 0.25) is 0 Å². The first kappa shape index (κ1) is 11.4. The Balaban J connectivity index is 2.19. The summed E-state index contributed by atoms with van der Waals surface area (Å²) >= 11 is 0. The normalized spacial score (nSPS) is 21.2. The van der Waals surface area contributed by atoms with Gasteiger partial charge in [0.1, 0.15) is 0 Å². The highest BCUT2D eigenvalue weighted by atomic mass is 16.5. The third-order valence-corrected chi connectivity index (χ3v) is 4.08. The molecule has 1 aromatic rings. The van der Waals surface area contributed by atoms with Gasteiger partial charge in [-0.1, -0.05) is 18.4 Å². The molecular formula is C12H16N4O2. The third kappa shape index (κ3) is 1.34. The molecule has 0 saturated heterocycles. The van der Waals surface area contributed by atoms with Gasteiger partial charge in [0.05, 0.1) is 18.2 Å². The van der Waals surface area contributed by atoms with Crippen LogP contribution in [0.5, 0.6) is 0 Å². The molecule has 0 unspecified atom stereocenters. The van der Waals surface area contributed by atoms with Gasteiger partial charge in [-0.2, -0.15) is 0 Å². The average Bonchev–Trinajstić information content (AvgIpc) is 2.98. The smallest absolute Gasteiger partial charge is 0.336 e. The van der Waals surface area contributed by atoms with E-state index in [1.807, 2.05) is 11.6 Å². The molecule has 18 heavy (non-hydrogen) atoms. The quantitative estimate of drug-likeness (QED) is 0.693. The first-order chi connectivity index (χ1) is 8.69. The number of hydrogen-bond acceptors (Lipinski definition) is 5. The molecule has 0 amide bonds. The van der Waals surface area contributed by atoms with Gasteiger partial charge in [0, 0.05) is 6.42 Å². The highest BCUT2D eigenvalue weighted by molar-refractivity contribution is 5.91. The Morgan fingerprint density at radius 1 is 1.39 bits per heavy atom. The first-order valence-corrected chi connectivity index (χ1v) is 6.25. The minimum Gasteiger partial charge on any atom is -0.466 e. The Morgan fingerprint density at radius 3 is 2.78 bits per heavy atom. The Morgan fingerprint density at radius 2 is 2.11 bits per heavy atom. The van der Waals surface area contributed by atoms with E-state index in [1.165, 1.54) is 7.11 Å². The van der Waals surface area contributed by atoms with Crippen molar-refractivity contribution in [1.82, 2.24) is 20.2 Å². The van der Waals surface area contributed by atoms with Crippen LogP contribution < -0.4 is 0 Å². The number of carbonyl (C=O) groups excluding carboxylic acids is 1. The molecule has 3 rings (SSSR count). The zero-order valence-electron chi connectivity index (χ0n) is 10.6. The fourth-order valence-electron chi connectivity index (χ4n) is 3.37. The van der Waals surface area contributed by atoms with Crippen molar-refractivity contribution >= 4 is 5.97 Å². The van der Waals surface area contributed by atoms with E-state index in [4.69, 9.17) is 4.74 Å². The van der Waals surface area contributed by atoms with Crippen LogP contribution in [0.1, 0.15) is 38.4 Å². The summed E-state index contributed by atoms with van der Waals surface area (Å²) in [5, 5.41) is 11.9. The molecule has 1 fully saturated rings. The lowest BCUT2D eigenvalue weighted by Gasteiger charge is -2.35. The number of rotatable bonds is 1. The molecule has 0 radical (unpaired) electrons. The van der Waals surface area contributed by atoms with E-state index < -0.39 is 0 Å². The number of hydrogen-bond donors (Lipinski definition) is 0. The molecule has 6 nitrogen and oxygen atoms in total. The molecular weight excluding hydrogens is 232 g/mol. The molecule has 1 saturated carbocycles. The van der Waals surface area contributed by atoms with Crippen molar-refractivity contribution in [3.8, 4) is 0 Å². The van der Waals surface area contributed by atoms with Crippen LogP contribution in [0.25, 0.3) is 0 Å². The lowest BCUT2D eigenvalue weighted by atomic mass is 9.81. The maximum atomic E-state index is 12.1. The summed E-state index contributed by atoms with van der Waals surface area (Å²) in [5.41, 5.74) is 1.43. The number of methoxy groups -OCH3 is 1. The molecule has 2 aliphatic rings. The number of fused-ring (bicyclic) bond motifs is 2. The van der Waals surface area contributed by atoms with Gasteiger partial charge in [0.2, 0.25) is 0 Å². The van der Waals surface area contributed by atoms with Crippen molar-refractivity contribution in [3.63, 3.8) is 0 Å². The van der Waals surface area contributed by atoms with Crippen LogP contribution in [-0.4, -0.2) is 33.3 Å². The second kappa shape index (κ2) is 3.90. The van der Waals surface area contributed by atoms with E-state index in [9.17, 15) is 4.79 Å². The molecule has 1 aliphatic heterocycles. The van der Waals surface area contributed by atoms with E-state index in [0.29, 0.717) is 6.42 Å². The topological polar surface area (TPSA) is 69.9 Å². The van der Waals surface area contributed by atoms with Crippen LogP contribution in [0.15, 0.2) is 11.1 Å². The number of esters is 1. The average molecular weight is 248 g/mol. The summed E-state index contributed by atoms with van der Waals surface area (Å²) in [6.07, 6.45) is 4.62. The zero-order chi connectivity index (χ0) is 12.8. The highest BCUT2D eigenvalue weighted by Crippen LogP contribution is 2.46. The summed E-state index contributed by atoms with van der Waals surface area (Å²) in [5.74, 6) is 0.609. The Bertz CT molecular complexity index is 526. The molecule has 0 N–H and O–H groups in total. The lowest BCUT2D eigenvalue weighted by Crippen LogP contribution is -2.42. The third-order valence-electron chi connectivity index (χ3n) is 4.08. The molecule has 2 heterocycles. The van der Waals surface area contributed by atoms with E-state index in [0.717, 1.165) is 42.7 Å². The number of aromatic nitrogens is 4. The molecule has 0 aromatic carbocycles. The second-order valence-electron chi connectivity index (χ2n) is 5.07. The lowest BCUT2D eigenvalue weighted by molar-refractivity contribution is -0.137. The number of carbonyl (C=O) groups is 1. The van der Waals surface area contributed by atoms with Gasteiger partial charge in [0.15, 0.2) is 5.82 Å². The minimum atomic E-state index is -0.367. The van der Waals surface area contributed by atoms with Crippen LogP contribution in [0, 0.1) is 0 Å². The molecule has 0 atom stereocenters. The van der Waals surface area contributed by atoms with E-state index in [2.05, 4.69) is 15.5 Å². The predicted molar refractivity (Wildman–Crippen MR) is 62.7 cm³/mol. The van der Waals surface area contributed by atoms with Gasteiger partial charge < -0.3 is 4.74 Å². The van der Waals surface area contributed by atoms with E-state index in [-0.39, 0.29) is 11.5 Å². The molecule has 6 heteroatoms. The molecule has 1 spiro atoms. The maximum Gasteiger partial charge on any atom is 0.336 e. The van der Waals surface area contributed by atoms with Crippen molar-refractivity contribution in [2.24, 2.45) is 0 Å². The Kier molecular flexibility index (Phi) is 2.46. The van der Waals surface area contributed by atoms with Gasteiger partial charge in [-0.15, -0.1) is 5.10 Å². The standard InChI is InChI=1S/C12H16N4O2/c1-8-7-9-13-14-15-16(9)12(5-3-4-6-12)10(8)11(17)18-2/h3-7H2,1-2H3. The summed E-state index contributed by atoms with van der Waals surface area (Å²) in [6, 6.07) is 0. The predicted octanol–water partition coefficient (Wildman–Crippen LogP) is 0.988. The van der Waals surface area contributed by atoms with Crippen molar-refractivity contribution in [1.29, 1.82) is 0 Å². The van der Waals surface area contributed by atoms with Crippen molar-refractivity contribution in [3.05, 3.63) is 17.0 Å². The Hall–Kier alpha value is -1.72. The highest BCUT2D eigenvalue weighted by Gasteiger charge is 2.48. The Labute approximate surface area is 105 Å². The fraction of sp³-hybridized carbons (Fsp3) is 0.667. The summed E-state index contributed by atoms with van der Waals surface area (Å²) < 4.78 is 6.81. The van der Waals surface area contributed by atoms with Gasteiger partial charge in [-0.05, 0) is 30.2 Å². The minimum absolute atomic E-state index is 0.240. The zero-order valence-corrected chi connectivity index (χ0v) is 10.6. The number of ether oxygens (including phenoxy) is 1. The molecule has 0 bridgehead atoms. The first-order valence-electron chi connectivity index (χ1n) is 6.25. The van der Waals surface area contributed by atoms with Crippen LogP contribution in [0.4, 0.5) is 0 Å². The van der Waals surface area contributed by atoms with Gasteiger partial charge >= 0.3 is 5.97 Å². The van der Waals surface area contributed by atoms with Gasteiger partial charge in [0.25, 0.3) is 0 Å². The molecule has 1 aliphatic carbocycles. The van der Waals surface area contributed by atoms with Crippen LogP contribution in [-0.2, 0) is 21.5 Å². The monoisotopic (exact) mass is 248 g/mol. The SMILES string of the molecule is COC(=O)C1=C(C)Cc2nnnn2C12CCCC2. The number of allylic oxidation sites excluding steroid dienone is 1. The molecule has 96 valence electrons. The second-order valence-corrected chi connectivity index (χ2v) is 5.07. The summed E-state index contributed by atoms with van der Waals surface area (Å²) in [6.45, 7) is 1.98. The van der Waals surface area contributed by atoms with E-state index in [1.54, 1.807) is 0 Å². The molecule has 1 aromatic heterocycles. The summed E-state index contributed by atoms with van der Waals surface area (Å²) in [4.78, 5) is 12.1. The number of nitrogens with zero attached hydrogens (tertiary/aromatic N) is 4. The van der Waals surface area contributed by atoms with Crippen LogP contribution in [0.3, 0.4) is 0 Å². The van der Waals surface area contributed by atoms with E-state index >= 15 is 0 Å². The van der Waals surface area contributed by atoms with Crippen molar-refractivity contribution in [2.45, 2.75) is 44.6 Å². The maximum absolute atomic E-state index is 12.1. The van der Waals surface area contributed by atoms with Gasteiger partial charge in [-0.25, -0.2) is 9.48 Å². The fourth-order valence-corrected chi connectivity index (χ4v) is 3.37. The summed E-state index contributed by atoms with van der Waals surface area (Å²) in [7, 11) is 1.43. The van der Waals surface area contributed by atoms with Crippen molar-refractivity contribution < 1.29 is 9.53 Å². The van der Waals surface area contributed by atoms with Crippen molar-refractivity contribution in [2.75, 3.05) is 7.11 Å². The number of tetrazole rings is 1. The van der Waals surface area contributed by atoms with Gasteiger partial charge in [-0.3, -0.25) is 0 Å². The largest absolute Gasteiger partial charge is 0.466 e.